The summed E-state index contributed by atoms with van der Waals surface area (Å²) in [7, 11) is 1.52. The summed E-state index contributed by atoms with van der Waals surface area (Å²) in [5, 5.41) is 0. The van der Waals surface area contributed by atoms with Gasteiger partial charge in [0.25, 0.3) is 0 Å². The van der Waals surface area contributed by atoms with Gasteiger partial charge in [0.05, 0.1) is 12.7 Å². The van der Waals surface area contributed by atoms with E-state index in [-0.39, 0.29) is 18.1 Å². The van der Waals surface area contributed by atoms with Crippen molar-refractivity contribution in [2.75, 3.05) is 13.7 Å². The summed E-state index contributed by atoms with van der Waals surface area (Å²) in [5.74, 6) is 0.553. The smallest absolute Gasteiger partial charge is 0.416 e. The van der Waals surface area contributed by atoms with Gasteiger partial charge in [-0.2, -0.15) is 13.2 Å². The van der Waals surface area contributed by atoms with Crippen LogP contribution in [0.15, 0.2) is 48.5 Å². The fourth-order valence-corrected chi connectivity index (χ4v) is 1.75. The Hall–Kier alpha value is -2.50. The number of hydrogen-bond donors (Lipinski definition) is 0. The Morgan fingerprint density at radius 3 is 2.00 bits per heavy atom. The van der Waals surface area contributed by atoms with Gasteiger partial charge in [-0.3, -0.25) is 4.79 Å². The highest BCUT2D eigenvalue weighted by atomic mass is 19.4. The SMILES string of the molecule is COc1ccc(C(=O)COc2ccc(C(F)(F)F)cc2)cc1. The average molecular weight is 310 g/mol. The van der Waals surface area contributed by atoms with Crippen LogP contribution in [0, 0.1) is 0 Å². The fourth-order valence-electron chi connectivity index (χ4n) is 1.75. The Balaban J connectivity index is 1.95. The lowest BCUT2D eigenvalue weighted by atomic mass is 10.1. The molecule has 0 fully saturated rings. The number of hydrogen-bond acceptors (Lipinski definition) is 3. The highest BCUT2D eigenvalue weighted by Crippen LogP contribution is 2.30. The predicted molar refractivity (Wildman–Crippen MR) is 74.3 cm³/mol. The van der Waals surface area contributed by atoms with Crippen LogP contribution >= 0.6 is 0 Å². The van der Waals surface area contributed by atoms with E-state index in [1.165, 1.54) is 19.2 Å². The Labute approximate surface area is 125 Å². The molecule has 3 nitrogen and oxygen atoms in total. The van der Waals surface area contributed by atoms with Crippen molar-refractivity contribution in [2.24, 2.45) is 0 Å². The molecule has 0 radical (unpaired) electrons. The number of benzene rings is 2. The third-order valence-electron chi connectivity index (χ3n) is 2.96. The van der Waals surface area contributed by atoms with Crippen LogP contribution in [0.3, 0.4) is 0 Å². The van der Waals surface area contributed by atoms with Gasteiger partial charge >= 0.3 is 6.18 Å². The maximum Gasteiger partial charge on any atom is 0.416 e. The van der Waals surface area contributed by atoms with Crippen molar-refractivity contribution < 1.29 is 27.4 Å². The largest absolute Gasteiger partial charge is 0.497 e. The molecule has 2 aromatic carbocycles. The normalized spacial score (nSPS) is 11.1. The number of halogens is 3. The second kappa shape index (κ2) is 6.51. The molecule has 0 heterocycles. The topological polar surface area (TPSA) is 35.5 Å². The number of ether oxygens (including phenoxy) is 2. The molecular formula is C16H13F3O3. The number of methoxy groups -OCH3 is 1. The zero-order chi connectivity index (χ0) is 16.2. The summed E-state index contributed by atoms with van der Waals surface area (Å²) in [5.41, 5.74) is -0.325. The second-order valence-electron chi connectivity index (χ2n) is 4.46. The maximum atomic E-state index is 12.4. The van der Waals surface area contributed by atoms with Crippen LogP contribution in [0.25, 0.3) is 0 Å². The Morgan fingerprint density at radius 2 is 1.50 bits per heavy atom. The van der Waals surface area contributed by atoms with Crippen molar-refractivity contribution in [2.45, 2.75) is 6.18 Å². The number of carbonyl (C=O) groups is 1. The molecule has 2 rings (SSSR count). The van der Waals surface area contributed by atoms with Gasteiger partial charge in [0.15, 0.2) is 12.4 Å². The van der Waals surface area contributed by atoms with E-state index < -0.39 is 11.7 Å². The molecule has 0 aliphatic carbocycles. The lowest BCUT2D eigenvalue weighted by Crippen LogP contribution is -2.11. The molecule has 2 aromatic rings. The number of ketones is 1. The van der Waals surface area contributed by atoms with Crippen LogP contribution in [-0.2, 0) is 6.18 Å². The van der Waals surface area contributed by atoms with Crippen LogP contribution in [0.4, 0.5) is 13.2 Å². The molecule has 22 heavy (non-hydrogen) atoms. The maximum absolute atomic E-state index is 12.4. The lowest BCUT2D eigenvalue weighted by Gasteiger charge is -2.09. The van der Waals surface area contributed by atoms with Crippen LogP contribution in [0.2, 0.25) is 0 Å². The third-order valence-corrected chi connectivity index (χ3v) is 2.96. The van der Waals surface area contributed by atoms with Crippen molar-refractivity contribution in [3.05, 3.63) is 59.7 Å². The summed E-state index contributed by atoms with van der Waals surface area (Å²) in [6, 6.07) is 10.7. The molecule has 0 bridgehead atoms. The molecule has 0 aromatic heterocycles. The van der Waals surface area contributed by atoms with E-state index in [0.717, 1.165) is 12.1 Å². The minimum atomic E-state index is -4.39. The Bertz CT molecular complexity index is 631. The number of rotatable bonds is 5. The zero-order valence-corrected chi connectivity index (χ0v) is 11.7. The molecule has 6 heteroatoms. The van der Waals surface area contributed by atoms with E-state index in [4.69, 9.17) is 9.47 Å². The summed E-state index contributed by atoms with van der Waals surface area (Å²) in [4.78, 5) is 11.9. The van der Waals surface area contributed by atoms with Crippen LogP contribution in [0.5, 0.6) is 11.5 Å². The molecule has 0 spiro atoms. The first kappa shape index (κ1) is 15.9. The van der Waals surface area contributed by atoms with Crippen molar-refractivity contribution in [1.29, 1.82) is 0 Å². The molecule has 0 atom stereocenters. The van der Waals surface area contributed by atoms with Crippen LogP contribution in [-0.4, -0.2) is 19.5 Å². The number of alkyl halides is 3. The lowest BCUT2D eigenvalue weighted by molar-refractivity contribution is -0.137. The van der Waals surface area contributed by atoms with Gasteiger partial charge in [0.2, 0.25) is 0 Å². The zero-order valence-electron chi connectivity index (χ0n) is 11.7. The molecule has 0 N–H and O–H groups in total. The van der Waals surface area contributed by atoms with Crippen molar-refractivity contribution in [1.82, 2.24) is 0 Å². The molecule has 0 amide bonds. The van der Waals surface area contributed by atoms with E-state index >= 15 is 0 Å². The molecule has 116 valence electrons. The Kier molecular flexibility index (Phi) is 4.70. The molecule has 0 aliphatic heterocycles. The fraction of sp³-hybridized carbons (Fsp3) is 0.188. The van der Waals surface area contributed by atoms with Crippen LogP contribution < -0.4 is 9.47 Å². The van der Waals surface area contributed by atoms with Gasteiger partial charge < -0.3 is 9.47 Å². The predicted octanol–water partition coefficient (Wildman–Crippen LogP) is 3.98. The van der Waals surface area contributed by atoms with Crippen LogP contribution in [0.1, 0.15) is 15.9 Å². The van der Waals surface area contributed by atoms with Gasteiger partial charge in [0.1, 0.15) is 11.5 Å². The van der Waals surface area contributed by atoms with Gasteiger partial charge in [0, 0.05) is 5.56 Å². The molecule has 0 saturated carbocycles. The Morgan fingerprint density at radius 1 is 0.955 bits per heavy atom. The molecule has 0 aliphatic rings. The number of Topliss-reactive ketones (excluding diaryl/α,β-unsaturated/α-hetero) is 1. The van der Waals surface area contributed by atoms with Crippen molar-refractivity contribution in [3.8, 4) is 11.5 Å². The quantitative estimate of drug-likeness (QED) is 0.784. The summed E-state index contributed by atoms with van der Waals surface area (Å²) in [6.07, 6.45) is -4.39. The van der Waals surface area contributed by atoms with E-state index in [0.29, 0.717) is 11.3 Å². The van der Waals surface area contributed by atoms with E-state index in [9.17, 15) is 18.0 Å². The number of carbonyl (C=O) groups excluding carboxylic acids is 1. The van der Waals surface area contributed by atoms with Gasteiger partial charge in [-0.15, -0.1) is 0 Å². The minimum Gasteiger partial charge on any atom is -0.497 e. The minimum absolute atomic E-state index is 0.204. The summed E-state index contributed by atoms with van der Waals surface area (Å²) >= 11 is 0. The molecule has 0 unspecified atom stereocenters. The van der Waals surface area contributed by atoms with Gasteiger partial charge in [-0.25, -0.2) is 0 Å². The van der Waals surface area contributed by atoms with Gasteiger partial charge in [-0.1, -0.05) is 0 Å². The first-order valence-corrected chi connectivity index (χ1v) is 6.37. The molecule has 0 saturated heterocycles. The first-order chi connectivity index (χ1) is 10.4. The third kappa shape index (κ3) is 4.00. The summed E-state index contributed by atoms with van der Waals surface area (Å²) in [6.45, 7) is -0.252. The van der Waals surface area contributed by atoms with E-state index in [1.807, 2.05) is 0 Å². The monoisotopic (exact) mass is 310 g/mol. The average Bonchev–Trinajstić information content (AvgIpc) is 2.52. The van der Waals surface area contributed by atoms with Crippen molar-refractivity contribution in [3.63, 3.8) is 0 Å². The highest BCUT2D eigenvalue weighted by Gasteiger charge is 2.30. The standard InChI is InChI=1S/C16H13F3O3/c1-21-13-6-2-11(3-7-13)15(20)10-22-14-8-4-12(5-9-14)16(17,18)19/h2-9H,10H2,1H3. The van der Waals surface area contributed by atoms with Gasteiger partial charge in [-0.05, 0) is 48.5 Å². The first-order valence-electron chi connectivity index (χ1n) is 6.37. The highest BCUT2D eigenvalue weighted by molar-refractivity contribution is 5.97. The van der Waals surface area contributed by atoms with Crippen molar-refractivity contribution >= 4 is 5.78 Å². The van der Waals surface area contributed by atoms with E-state index in [1.54, 1.807) is 24.3 Å². The van der Waals surface area contributed by atoms with E-state index in [2.05, 4.69) is 0 Å². The second-order valence-corrected chi connectivity index (χ2v) is 4.46. The molecular weight excluding hydrogens is 297 g/mol. The summed E-state index contributed by atoms with van der Waals surface area (Å²) < 4.78 is 47.4.